The molecule has 1 heterocycles. The van der Waals surface area contributed by atoms with Gasteiger partial charge in [0.2, 0.25) is 0 Å². The first-order valence-electron chi connectivity index (χ1n) is 11.4. The van der Waals surface area contributed by atoms with E-state index in [0.717, 1.165) is 6.07 Å². The Balaban J connectivity index is 2.54. The second kappa shape index (κ2) is 9.35. The minimum absolute atomic E-state index is 0.0129. The molecule has 3 rings (SSSR count). The Hall–Kier alpha value is -2.20. The van der Waals surface area contributed by atoms with Gasteiger partial charge in [0.25, 0.3) is 0 Å². The summed E-state index contributed by atoms with van der Waals surface area (Å²) in [6, 6.07) is 8.50. The number of nitriles is 1. The third kappa shape index (κ3) is 4.79. The van der Waals surface area contributed by atoms with Gasteiger partial charge in [-0.15, -0.1) is 0 Å². The van der Waals surface area contributed by atoms with Crippen molar-refractivity contribution in [3.8, 4) is 6.07 Å². The molecule has 4 nitrogen and oxygen atoms in total. The van der Waals surface area contributed by atoms with Gasteiger partial charge in [-0.05, 0) is 56.4 Å². The van der Waals surface area contributed by atoms with Crippen molar-refractivity contribution in [2.45, 2.75) is 76.9 Å². The van der Waals surface area contributed by atoms with Crippen LogP contribution in [-0.4, -0.2) is 33.6 Å². The molecule has 4 atom stereocenters. The van der Waals surface area contributed by atoms with Gasteiger partial charge < -0.3 is 5.11 Å². The number of benzene rings is 2. The van der Waals surface area contributed by atoms with Gasteiger partial charge in [-0.25, -0.2) is 8.78 Å². The van der Waals surface area contributed by atoms with E-state index in [-0.39, 0.29) is 26.6 Å². The Morgan fingerprint density at radius 3 is 2.26 bits per heavy atom. The number of hydrogen-bond donors (Lipinski definition) is 1. The fourth-order valence-corrected chi connectivity index (χ4v) is 5.91. The number of nitrogens with zero attached hydrogens (tertiary/aromatic N) is 2. The first-order chi connectivity index (χ1) is 16.1. The molecule has 188 valence electrons. The maximum atomic E-state index is 15.6. The van der Waals surface area contributed by atoms with Crippen molar-refractivity contribution >= 4 is 29.2 Å². The number of likely N-dealkylation sites (tertiary alicyclic amines) is 1. The molecule has 0 aromatic heterocycles. The summed E-state index contributed by atoms with van der Waals surface area (Å²) in [5, 5.41) is 21.3. The molecule has 2 aromatic carbocycles. The van der Waals surface area contributed by atoms with Crippen molar-refractivity contribution in [1.82, 2.24) is 4.90 Å². The third-order valence-corrected chi connectivity index (χ3v) is 7.21. The molecule has 2 aromatic rings. The molecule has 35 heavy (non-hydrogen) atoms. The molecule has 8 heteroatoms. The number of carboxylic acids is 1. The van der Waals surface area contributed by atoms with Crippen LogP contribution in [0.15, 0.2) is 36.4 Å². The first kappa shape index (κ1) is 27.4. The van der Waals surface area contributed by atoms with Gasteiger partial charge in [0.1, 0.15) is 23.1 Å². The van der Waals surface area contributed by atoms with Gasteiger partial charge in [0.15, 0.2) is 0 Å². The van der Waals surface area contributed by atoms with E-state index >= 15 is 8.78 Å². The Bertz CT molecular complexity index is 1180. The standard InChI is InChI=1S/C27H30Cl2F2N2O2/c1-25(2,3)13-20-27(14-32,17-11-10-15(28)12-19(17)30)21(16-8-7-9-18(29)22(16)31)23(24(34)35)33(20)26(4,5)6/h7-12,20-21,23H,13H2,1-6H3,(H,34,35)/t20-,21-,23+,27-/m0/s1. The highest BCUT2D eigenvalue weighted by Gasteiger charge is 2.66. The number of halogens is 4. The number of carbonyl (C=O) groups is 1. The zero-order valence-electron chi connectivity index (χ0n) is 20.7. The lowest BCUT2D eigenvalue weighted by molar-refractivity contribution is -0.145. The molecule has 1 saturated heterocycles. The van der Waals surface area contributed by atoms with Crippen molar-refractivity contribution < 1.29 is 18.7 Å². The Kier molecular flexibility index (Phi) is 7.32. The number of hydrogen-bond acceptors (Lipinski definition) is 3. The molecule has 0 unspecified atom stereocenters. The van der Waals surface area contributed by atoms with Crippen LogP contribution in [0.3, 0.4) is 0 Å². The summed E-state index contributed by atoms with van der Waals surface area (Å²) in [5.74, 6) is -4.05. The molecule has 1 aliphatic rings. The second-order valence-corrected chi connectivity index (χ2v) is 12.2. The zero-order valence-corrected chi connectivity index (χ0v) is 22.2. The van der Waals surface area contributed by atoms with E-state index in [1.165, 1.54) is 30.3 Å². The van der Waals surface area contributed by atoms with Crippen LogP contribution in [0.2, 0.25) is 10.0 Å². The fourth-order valence-electron chi connectivity index (χ4n) is 5.57. The van der Waals surface area contributed by atoms with Gasteiger partial charge in [-0.1, -0.05) is 62.2 Å². The van der Waals surface area contributed by atoms with Crippen LogP contribution in [0.5, 0.6) is 0 Å². The summed E-state index contributed by atoms with van der Waals surface area (Å²) in [7, 11) is 0. The Morgan fingerprint density at radius 2 is 1.77 bits per heavy atom. The van der Waals surface area contributed by atoms with E-state index < -0.39 is 46.6 Å². The predicted molar refractivity (Wildman–Crippen MR) is 134 cm³/mol. The molecule has 1 fully saturated rings. The Morgan fingerprint density at radius 1 is 1.14 bits per heavy atom. The van der Waals surface area contributed by atoms with Crippen molar-refractivity contribution in [3.05, 3.63) is 69.2 Å². The normalized spacial score (nSPS) is 25.5. The number of aliphatic carboxylic acids is 1. The summed E-state index contributed by atoms with van der Waals surface area (Å²) in [6.07, 6.45) is 0.350. The molecule has 0 aliphatic carbocycles. The van der Waals surface area contributed by atoms with Gasteiger partial charge >= 0.3 is 5.97 Å². The number of rotatable bonds is 4. The maximum absolute atomic E-state index is 15.6. The van der Waals surface area contributed by atoms with Crippen LogP contribution >= 0.6 is 23.2 Å². The maximum Gasteiger partial charge on any atom is 0.321 e. The summed E-state index contributed by atoms with van der Waals surface area (Å²) in [6.45, 7) is 11.4. The molecule has 1 aliphatic heterocycles. The topological polar surface area (TPSA) is 64.3 Å². The van der Waals surface area contributed by atoms with Crippen LogP contribution in [0.1, 0.15) is 65.0 Å². The summed E-state index contributed by atoms with van der Waals surface area (Å²) < 4.78 is 31.2. The van der Waals surface area contributed by atoms with Gasteiger partial charge in [-0.2, -0.15) is 5.26 Å². The number of carboxylic acid groups (broad SMARTS) is 1. The second-order valence-electron chi connectivity index (χ2n) is 11.4. The Labute approximate surface area is 215 Å². The highest BCUT2D eigenvalue weighted by atomic mass is 35.5. The lowest BCUT2D eigenvalue weighted by Crippen LogP contribution is -2.55. The minimum atomic E-state index is -1.76. The van der Waals surface area contributed by atoms with E-state index in [2.05, 4.69) is 6.07 Å². The van der Waals surface area contributed by atoms with Gasteiger partial charge in [-0.3, -0.25) is 9.69 Å². The largest absolute Gasteiger partial charge is 0.480 e. The highest BCUT2D eigenvalue weighted by Crippen LogP contribution is 2.58. The molecule has 0 radical (unpaired) electrons. The van der Waals surface area contributed by atoms with Crippen LogP contribution < -0.4 is 0 Å². The third-order valence-electron chi connectivity index (χ3n) is 6.68. The van der Waals surface area contributed by atoms with E-state index in [9.17, 15) is 15.2 Å². The van der Waals surface area contributed by atoms with E-state index in [1.807, 2.05) is 41.5 Å². The average Bonchev–Trinajstić information content (AvgIpc) is 2.99. The van der Waals surface area contributed by atoms with Crippen LogP contribution in [0, 0.1) is 28.4 Å². The van der Waals surface area contributed by atoms with E-state index in [1.54, 1.807) is 4.90 Å². The quantitative estimate of drug-likeness (QED) is 0.461. The minimum Gasteiger partial charge on any atom is -0.480 e. The van der Waals surface area contributed by atoms with Crippen molar-refractivity contribution in [2.75, 3.05) is 0 Å². The van der Waals surface area contributed by atoms with Crippen LogP contribution in [-0.2, 0) is 10.2 Å². The molecular formula is C27H30Cl2F2N2O2. The van der Waals surface area contributed by atoms with Crippen molar-refractivity contribution in [1.29, 1.82) is 5.26 Å². The van der Waals surface area contributed by atoms with E-state index in [0.29, 0.717) is 6.42 Å². The zero-order chi connectivity index (χ0) is 26.5. The molecule has 0 spiro atoms. The molecule has 0 saturated carbocycles. The predicted octanol–water partition coefficient (Wildman–Crippen LogP) is 7.19. The van der Waals surface area contributed by atoms with Crippen LogP contribution in [0.4, 0.5) is 8.78 Å². The van der Waals surface area contributed by atoms with E-state index in [4.69, 9.17) is 23.2 Å². The lowest BCUT2D eigenvalue weighted by Gasteiger charge is -2.44. The average molecular weight is 523 g/mol. The van der Waals surface area contributed by atoms with Crippen molar-refractivity contribution in [2.24, 2.45) is 5.41 Å². The summed E-state index contributed by atoms with van der Waals surface area (Å²) in [4.78, 5) is 14.6. The molecule has 1 N–H and O–H groups in total. The summed E-state index contributed by atoms with van der Waals surface area (Å²) >= 11 is 12.1. The SMILES string of the molecule is CC(C)(C)C[C@@H]1N(C(C)(C)C)[C@@H](C(=O)O)[C@H](c2cccc(Cl)c2F)[C@@]1(C#N)c1ccc(Cl)cc1F. The van der Waals surface area contributed by atoms with Crippen LogP contribution in [0.25, 0.3) is 0 Å². The fraction of sp³-hybridized carbons (Fsp3) is 0.481. The molecule has 0 bridgehead atoms. The highest BCUT2D eigenvalue weighted by molar-refractivity contribution is 6.31. The monoisotopic (exact) mass is 522 g/mol. The smallest absolute Gasteiger partial charge is 0.321 e. The molecular weight excluding hydrogens is 493 g/mol. The van der Waals surface area contributed by atoms with Crippen molar-refractivity contribution in [3.63, 3.8) is 0 Å². The first-order valence-corrected chi connectivity index (χ1v) is 12.1. The van der Waals surface area contributed by atoms with Gasteiger partial charge in [0.05, 0.1) is 11.1 Å². The van der Waals surface area contributed by atoms with Gasteiger partial charge in [0, 0.05) is 28.1 Å². The lowest BCUT2D eigenvalue weighted by atomic mass is 9.62. The summed E-state index contributed by atoms with van der Waals surface area (Å²) in [5.41, 5.74) is -2.94. The molecule has 0 amide bonds.